The van der Waals surface area contributed by atoms with Crippen LogP contribution in [0.4, 0.5) is 5.69 Å². The molecule has 0 aliphatic carbocycles. The van der Waals surface area contributed by atoms with E-state index in [9.17, 15) is 9.90 Å². The maximum absolute atomic E-state index is 11.2. The van der Waals surface area contributed by atoms with Gasteiger partial charge in [0.15, 0.2) is 0 Å². The maximum atomic E-state index is 11.2. The second-order valence-corrected chi connectivity index (χ2v) is 11.0. The Balaban J connectivity index is 1.33. The molecule has 5 nitrogen and oxygen atoms in total. The van der Waals surface area contributed by atoms with Gasteiger partial charge in [0.05, 0.1) is 18.7 Å². The molecule has 39 heavy (non-hydrogen) atoms. The van der Waals surface area contributed by atoms with Gasteiger partial charge in [0.1, 0.15) is 17.4 Å². The van der Waals surface area contributed by atoms with E-state index >= 15 is 0 Å². The quantitative estimate of drug-likeness (QED) is 0.173. The Bertz CT molecular complexity index is 1330. The van der Waals surface area contributed by atoms with E-state index in [1.807, 2.05) is 31.3 Å². The molecule has 0 saturated carbocycles. The van der Waals surface area contributed by atoms with Gasteiger partial charge < -0.3 is 14.7 Å². The second-order valence-electron chi connectivity index (χ2n) is 10.0. The van der Waals surface area contributed by atoms with Gasteiger partial charge in [0.2, 0.25) is 0 Å². The third kappa shape index (κ3) is 7.93. The molecular weight excluding hydrogens is 504 g/mol. The van der Waals surface area contributed by atoms with Crippen LogP contribution in [0.3, 0.4) is 0 Å². The largest absolute Gasteiger partial charge is 0.489 e. The number of para-hydroxylation sites is 1. The number of hydrogen-bond acceptors (Lipinski definition) is 5. The van der Waals surface area contributed by atoms with Crippen molar-refractivity contribution in [2.45, 2.75) is 65.0 Å². The van der Waals surface area contributed by atoms with Crippen LogP contribution >= 0.6 is 11.3 Å². The molecule has 0 aliphatic heterocycles. The lowest BCUT2D eigenvalue weighted by molar-refractivity contribution is -0.136. The molecular formula is C33H38N2O3S. The van der Waals surface area contributed by atoms with Gasteiger partial charge in [0.25, 0.3) is 0 Å². The summed E-state index contributed by atoms with van der Waals surface area (Å²) in [6, 6.07) is 24.6. The molecule has 3 aromatic carbocycles. The zero-order valence-electron chi connectivity index (χ0n) is 23.1. The van der Waals surface area contributed by atoms with Crippen molar-refractivity contribution in [2.75, 3.05) is 11.9 Å². The highest BCUT2D eigenvalue weighted by Gasteiger charge is 2.13. The van der Waals surface area contributed by atoms with E-state index in [0.717, 1.165) is 38.8 Å². The molecule has 0 bridgehead atoms. The average Bonchev–Trinajstić information content (AvgIpc) is 3.41. The SMILES string of the molecule is CCCC(CCC)c1ccc(OCc2ccc(-c3csc(CN(C)c4ccccc4CC(=O)O)n3)cc2)cc1. The van der Waals surface area contributed by atoms with Crippen molar-refractivity contribution in [1.82, 2.24) is 4.98 Å². The maximum Gasteiger partial charge on any atom is 0.307 e. The molecule has 6 heteroatoms. The summed E-state index contributed by atoms with van der Waals surface area (Å²) < 4.78 is 6.06. The highest BCUT2D eigenvalue weighted by atomic mass is 32.1. The first-order valence-electron chi connectivity index (χ1n) is 13.7. The minimum Gasteiger partial charge on any atom is -0.489 e. The van der Waals surface area contributed by atoms with E-state index < -0.39 is 5.97 Å². The molecule has 0 amide bonds. The van der Waals surface area contributed by atoms with Gasteiger partial charge in [-0.15, -0.1) is 11.3 Å². The number of hydrogen-bond donors (Lipinski definition) is 1. The molecule has 0 unspecified atom stereocenters. The Morgan fingerprint density at radius 3 is 2.33 bits per heavy atom. The van der Waals surface area contributed by atoms with E-state index in [1.165, 1.54) is 31.2 Å². The minimum absolute atomic E-state index is 0.00336. The predicted molar refractivity (Wildman–Crippen MR) is 161 cm³/mol. The van der Waals surface area contributed by atoms with Crippen LogP contribution in [0.2, 0.25) is 0 Å². The van der Waals surface area contributed by atoms with Gasteiger partial charge in [-0.3, -0.25) is 4.79 Å². The monoisotopic (exact) mass is 542 g/mol. The Labute approximate surface area is 236 Å². The van der Waals surface area contributed by atoms with Gasteiger partial charge >= 0.3 is 5.97 Å². The number of rotatable bonds is 14. The normalized spacial score (nSPS) is 11.1. The number of benzene rings is 3. The molecule has 0 radical (unpaired) electrons. The number of ether oxygens (including phenoxy) is 1. The molecule has 1 N–H and O–H groups in total. The molecule has 0 spiro atoms. The summed E-state index contributed by atoms with van der Waals surface area (Å²) >= 11 is 1.61. The summed E-state index contributed by atoms with van der Waals surface area (Å²) in [5.41, 5.74) is 6.25. The third-order valence-electron chi connectivity index (χ3n) is 6.95. The number of carboxylic acids is 1. The van der Waals surface area contributed by atoms with Crippen molar-refractivity contribution in [2.24, 2.45) is 0 Å². The number of carbonyl (C=O) groups is 1. The van der Waals surface area contributed by atoms with Crippen molar-refractivity contribution < 1.29 is 14.6 Å². The van der Waals surface area contributed by atoms with Crippen LogP contribution in [-0.2, 0) is 24.4 Å². The first-order valence-corrected chi connectivity index (χ1v) is 14.6. The zero-order chi connectivity index (χ0) is 27.6. The highest BCUT2D eigenvalue weighted by Crippen LogP contribution is 2.29. The van der Waals surface area contributed by atoms with Gasteiger partial charge in [0, 0.05) is 23.7 Å². The van der Waals surface area contributed by atoms with Crippen molar-refractivity contribution in [3.05, 3.63) is 99.9 Å². The lowest BCUT2D eigenvalue weighted by Crippen LogP contribution is -2.18. The molecule has 0 fully saturated rings. The molecule has 0 saturated heterocycles. The highest BCUT2D eigenvalue weighted by molar-refractivity contribution is 7.10. The van der Waals surface area contributed by atoms with Gasteiger partial charge in [-0.05, 0) is 53.6 Å². The van der Waals surface area contributed by atoms with Crippen molar-refractivity contribution in [1.29, 1.82) is 0 Å². The van der Waals surface area contributed by atoms with Crippen molar-refractivity contribution in [3.63, 3.8) is 0 Å². The Kier molecular flexibility index (Phi) is 10.1. The summed E-state index contributed by atoms with van der Waals surface area (Å²) in [4.78, 5) is 18.1. The van der Waals surface area contributed by atoms with Crippen LogP contribution in [0.25, 0.3) is 11.3 Å². The molecule has 204 valence electrons. The van der Waals surface area contributed by atoms with E-state index in [0.29, 0.717) is 19.1 Å². The van der Waals surface area contributed by atoms with Crippen LogP contribution in [0.15, 0.2) is 78.2 Å². The predicted octanol–water partition coefficient (Wildman–Crippen LogP) is 8.34. The van der Waals surface area contributed by atoms with E-state index in [2.05, 4.69) is 72.7 Å². The smallest absolute Gasteiger partial charge is 0.307 e. The fourth-order valence-corrected chi connectivity index (χ4v) is 5.80. The molecule has 4 rings (SSSR count). The van der Waals surface area contributed by atoms with Gasteiger partial charge in [-0.25, -0.2) is 4.98 Å². The second kappa shape index (κ2) is 13.9. The first-order chi connectivity index (χ1) is 19.0. The van der Waals surface area contributed by atoms with E-state index in [-0.39, 0.29) is 6.42 Å². The van der Waals surface area contributed by atoms with Crippen molar-refractivity contribution in [3.8, 4) is 17.0 Å². The topological polar surface area (TPSA) is 62.7 Å². The lowest BCUT2D eigenvalue weighted by atomic mass is 9.90. The summed E-state index contributed by atoms with van der Waals surface area (Å²) in [5, 5.41) is 12.3. The van der Waals surface area contributed by atoms with Crippen LogP contribution in [0.5, 0.6) is 5.75 Å². The van der Waals surface area contributed by atoms with E-state index in [1.54, 1.807) is 11.3 Å². The number of thiazole rings is 1. The fraction of sp³-hybridized carbons (Fsp3) is 0.333. The first kappa shape index (κ1) is 28.4. The fourth-order valence-electron chi connectivity index (χ4n) is 4.95. The van der Waals surface area contributed by atoms with Crippen LogP contribution in [-0.4, -0.2) is 23.1 Å². The number of aromatic nitrogens is 1. The lowest BCUT2D eigenvalue weighted by Gasteiger charge is -2.20. The molecule has 1 aromatic heterocycles. The van der Waals surface area contributed by atoms with Gasteiger partial charge in [-0.2, -0.15) is 0 Å². The third-order valence-corrected chi connectivity index (χ3v) is 7.78. The minimum atomic E-state index is -0.831. The van der Waals surface area contributed by atoms with E-state index in [4.69, 9.17) is 9.72 Å². The molecule has 1 heterocycles. The van der Waals surface area contributed by atoms with Crippen LogP contribution < -0.4 is 9.64 Å². The van der Waals surface area contributed by atoms with Gasteiger partial charge in [-0.1, -0.05) is 81.3 Å². The zero-order valence-corrected chi connectivity index (χ0v) is 23.9. The molecule has 0 atom stereocenters. The number of aliphatic carboxylic acids is 1. The summed E-state index contributed by atoms with van der Waals surface area (Å²) in [6.45, 7) is 5.65. The number of nitrogens with zero attached hydrogens (tertiary/aromatic N) is 2. The number of carboxylic acid groups (broad SMARTS) is 1. The Morgan fingerprint density at radius 2 is 1.67 bits per heavy atom. The summed E-state index contributed by atoms with van der Waals surface area (Å²) in [5.74, 6) is 0.704. The Morgan fingerprint density at radius 1 is 0.974 bits per heavy atom. The average molecular weight is 543 g/mol. The summed E-state index contributed by atoms with van der Waals surface area (Å²) in [6.07, 6.45) is 4.89. The molecule has 4 aromatic rings. The van der Waals surface area contributed by atoms with Crippen LogP contribution in [0, 0.1) is 0 Å². The van der Waals surface area contributed by atoms with Crippen LogP contribution in [0.1, 0.15) is 67.1 Å². The number of anilines is 1. The Hall–Kier alpha value is -3.64. The summed E-state index contributed by atoms with van der Waals surface area (Å²) in [7, 11) is 1.97. The molecule has 0 aliphatic rings. The van der Waals surface area contributed by atoms with Crippen molar-refractivity contribution >= 4 is 23.0 Å². The standard InChI is InChI=1S/C33H38N2O3S/c1-4-8-25(9-5-2)26-16-18-29(19-17-26)38-22-24-12-14-27(15-13-24)30-23-39-32(34-30)21-35(3)31-11-7-6-10-28(31)20-33(36)37/h6-7,10-19,23,25H,4-5,8-9,20-22H2,1-3H3,(H,36,37).